The van der Waals surface area contributed by atoms with Crippen LogP contribution in [0.15, 0.2) is 0 Å². The summed E-state index contributed by atoms with van der Waals surface area (Å²) in [7, 11) is 0. The Bertz CT molecular complexity index is 343. The molecule has 15 heavy (non-hydrogen) atoms. The molecule has 2 aliphatic heterocycles. The summed E-state index contributed by atoms with van der Waals surface area (Å²) < 4.78 is 0. The van der Waals surface area contributed by atoms with Gasteiger partial charge in [0.2, 0.25) is 0 Å². The Balaban J connectivity index is 2.34. The predicted molar refractivity (Wildman–Crippen MR) is 48.0 cm³/mol. The van der Waals surface area contributed by atoms with Gasteiger partial charge in [-0.3, -0.25) is 14.9 Å². The number of amides is 3. The second-order valence-electron chi connectivity index (χ2n) is 3.72. The molecule has 2 rings (SSSR count). The zero-order chi connectivity index (χ0) is 11.1. The number of aliphatic carboxylic acids is 1. The van der Waals surface area contributed by atoms with Crippen LogP contribution >= 0.6 is 0 Å². The minimum Gasteiger partial charge on any atom is -0.481 e. The van der Waals surface area contributed by atoms with Crippen molar-refractivity contribution in [3.63, 3.8) is 0 Å². The van der Waals surface area contributed by atoms with Gasteiger partial charge in [0.15, 0.2) is 0 Å². The van der Waals surface area contributed by atoms with E-state index in [-0.39, 0.29) is 6.54 Å². The third kappa shape index (κ3) is 1.35. The van der Waals surface area contributed by atoms with E-state index in [1.165, 1.54) is 0 Å². The summed E-state index contributed by atoms with van der Waals surface area (Å²) in [6.07, 6.45) is 0.293. The lowest BCUT2D eigenvalue weighted by atomic mass is 9.78. The summed E-state index contributed by atoms with van der Waals surface area (Å²) in [5.41, 5.74) is -1.27. The SMILES string of the molecule is O=C1NC(=O)C2(CCNCC2C(=O)O)N1. The van der Waals surface area contributed by atoms with E-state index in [4.69, 9.17) is 5.11 Å². The van der Waals surface area contributed by atoms with Gasteiger partial charge in [0.05, 0.1) is 0 Å². The lowest BCUT2D eigenvalue weighted by Gasteiger charge is -2.36. The molecule has 0 aliphatic carbocycles. The van der Waals surface area contributed by atoms with Crippen molar-refractivity contribution in [3.05, 3.63) is 0 Å². The molecule has 2 aliphatic rings. The predicted octanol–water partition coefficient (Wildman–Crippen LogP) is -1.74. The summed E-state index contributed by atoms with van der Waals surface area (Å²) in [5, 5.41) is 16.4. The van der Waals surface area contributed by atoms with E-state index >= 15 is 0 Å². The minimum atomic E-state index is -1.27. The second-order valence-corrected chi connectivity index (χ2v) is 3.72. The summed E-state index contributed by atoms with van der Waals surface area (Å²) in [6, 6.07) is -0.617. The Hall–Kier alpha value is -1.63. The van der Waals surface area contributed by atoms with Gasteiger partial charge in [-0.1, -0.05) is 0 Å². The van der Waals surface area contributed by atoms with Gasteiger partial charge in [-0.05, 0) is 13.0 Å². The number of piperidine rings is 1. The number of rotatable bonds is 1. The first-order valence-electron chi connectivity index (χ1n) is 4.63. The maximum absolute atomic E-state index is 11.6. The normalized spacial score (nSPS) is 35.1. The fourth-order valence-corrected chi connectivity index (χ4v) is 2.11. The highest BCUT2D eigenvalue weighted by molar-refractivity contribution is 6.09. The molecule has 4 N–H and O–H groups in total. The van der Waals surface area contributed by atoms with Crippen LogP contribution in [0.1, 0.15) is 6.42 Å². The first kappa shape index (κ1) is 9.91. The standard InChI is InChI=1S/C8H11N3O4/c12-5(13)4-3-9-2-1-8(4)6(14)10-7(15)11-8/h4,9H,1-3H2,(H,12,13)(H2,10,11,14,15). The smallest absolute Gasteiger partial charge is 0.322 e. The van der Waals surface area contributed by atoms with Crippen LogP contribution in [0.5, 0.6) is 0 Å². The molecule has 82 valence electrons. The quantitative estimate of drug-likeness (QED) is 0.387. The maximum atomic E-state index is 11.6. The van der Waals surface area contributed by atoms with Crippen molar-refractivity contribution >= 4 is 17.9 Å². The number of hydrogen-bond acceptors (Lipinski definition) is 4. The summed E-state index contributed by atoms with van der Waals surface area (Å²) >= 11 is 0. The molecule has 0 aromatic rings. The molecule has 7 heteroatoms. The van der Waals surface area contributed by atoms with Gasteiger partial charge >= 0.3 is 12.0 Å². The highest BCUT2D eigenvalue weighted by atomic mass is 16.4. The Kier molecular flexibility index (Phi) is 2.11. The average molecular weight is 213 g/mol. The molecule has 2 saturated heterocycles. The van der Waals surface area contributed by atoms with Crippen molar-refractivity contribution in [2.24, 2.45) is 5.92 Å². The molecular formula is C8H11N3O4. The number of urea groups is 1. The summed E-state index contributed by atoms with van der Waals surface area (Å²) in [5.74, 6) is -2.54. The van der Waals surface area contributed by atoms with Crippen LogP contribution in [-0.4, -0.2) is 41.6 Å². The monoisotopic (exact) mass is 213 g/mol. The van der Waals surface area contributed by atoms with Crippen LogP contribution in [0, 0.1) is 5.92 Å². The molecular weight excluding hydrogens is 202 g/mol. The molecule has 1 spiro atoms. The molecule has 0 radical (unpaired) electrons. The van der Waals surface area contributed by atoms with Crippen LogP contribution in [0.2, 0.25) is 0 Å². The minimum absolute atomic E-state index is 0.184. The molecule has 0 bridgehead atoms. The summed E-state index contributed by atoms with van der Waals surface area (Å²) in [6.45, 7) is 0.695. The van der Waals surface area contributed by atoms with Gasteiger partial charge in [0, 0.05) is 6.54 Å². The van der Waals surface area contributed by atoms with Crippen LogP contribution < -0.4 is 16.0 Å². The number of carboxylic acid groups (broad SMARTS) is 1. The fraction of sp³-hybridized carbons (Fsp3) is 0.625. The van der Waals surface area contributed by atoms with Gasteiger partial charge in [-0.25, -0.2) is 4.79 Å². The van der Waals surface area contributed by atoms with E-state index in [2.05, 4.69) is 16.0 Å². The third-order valence-corrected chi connectivity index (χ3v) is 2.91. The molecule has 0 aromatic carbocycles. The van der Waals surface area contributed by atoms with Gasteiger partial charge in [0.25, 0.3) is 5.91 Å². The Morgan fingerprint density at radius 1 is 1.47 bits per heavy atom. The maximum Gasteiger partial charge on any atom is 0.322 e. The highest BCUT2D eigenvalue weighted by Gasteiger charge is 2.55. The number of carboxylic acids is 1. The highest BCUT2D eigenvalue weighted by Crippen LogP contribution is 2.27. The Morgan fingerprint density at radius 2 is 2.20 bits per heavy atom. The largest absolute Gasteiger partial charge is 0.481 e. The molecule has 0 saturated carbocycles. The topological polar surface area (TPSA) is 108 Å². The van der Waals surface area contributed by atoms with Crippen LogP contribution in [-0.2, 0) is 9.59 Å². The molecule has 2 unspecified atom stereocenters. The van der Waals surface area contributed by atoms with Crippen molar-refractivity contribution in [2.45, 2.75) is 12.0 Å². The van der Waals surface area contributed by atoms with Crippen molar-refractivity contribution in [2.75, 3.05) is 13.1 Å². The molecule has 7 nitrogen and oxygen atoms in total. The number of carbonyl (C=O) groups excluding carboxylic acids is 2. The van der Waals surface area contributed by atoms with Crippen molar-refractivity contribution < 1.29 is 19.5 Å². The van der Waals surface area contributed by atoms with E-state index in [0.717, 1.165) is 0 Å². The third-order valence-electron chi connectivity index (χ3n) is 2.91. The molecule has 0 aromatic heterocycles. The van der Waals surface area contributed by atoms with Crippen molar-refractivity contribution in [1.29, 1.82) is 0 Å². The molecule has 2 fully saturated rings. The van der Waals surface area contributed by atoms with E-state index in [9.17, 15) is 14.4 Å². The molecule has 3 amide bonds. The first-order valence-corrected chi connectivity index (χ1v) is 4.63. The number of nitrogens with one attached hydrogen (secondary N) is 3. The molecule has 2 heterocycles. The van der Waals surface area contributed by atoms with E-state index < -0.39 is 29.4 Å². The average Bonchev–Trinajstić information content (AvgIpc) is 2.42. The van der Waals surface area contributed by atoms with Gasteiger partial charge in [0.1, 0.15) is 11.5 Å². The number of carbonyl (C=O) groups is 3. The van der Waals surface area contributed by atoms with E-state index in [1.807, 2.05) is 0 Å². The van der Waals surface area contributed by atoms with Crippen LogP contribution in [0.4, 0.5) is 4.79 Å². The first-order chi connectivity index (χ1) is 7.06. The zero-order valence-corrected chi connectivity index (χ0v) is 7.87. The molecule has 2 atom stereocenters. The Labute approximate surface area is 85.2 Å². The van der Waals surface area contributed by atoms with E-state index in [1.54, 1.807) is 0 Å². The number of imide groups is 1. The Morgan fingerprint density at radius 3 is 2.73 bits per heavy atom. The van der Waals surface area contributed by atoms with Gasteiger partial charge in [-0.15, -0.1) is 0 Å². The van der Waals surface area contributed by atoms with Crippen LogP contribution in [0.3, 0.4) is 0 Å². The second kappa shape index (κ2) is 3.20. The van der Waals surface area contributed by atoms with Gasteiger partial charge in [-0.2, -0.15) is 0 Å². The van der Waals surface area contributed by atoms with E-state index in [0.29, 0.717) is 13.0 Å². The van der Waals surface area contributed by atoms with Crippen LogP contribution in [0.25, 0.3) is 0 Å². The lowest BCUT2D eigenvalue weighted by molar-refractivity contribution is -0.149. The fourth-order valence-electron chi connectivity index (χ4n) is 2.11. The number of hydrogen-bond donors (Lipinski definition) is 4. The zero-order valence-electron chi connectivity index (χ0n) is 7.87. The van der Waals surface area contributed by atoms with Crippen molar-refractivity contribution in [3.8, 4) is 0 Å². The lowest BCUT2D eigenvalue weighted by Crippen LogP contribution is -2.62. The van der Waals surface area contributed by atoms with Crippen molar-refractivity contribution in [1.82, 2.24) is 16.0 Å². The summed E-state index contributed by atoms with van der Waals surface area (Å²) in [4.78, 5) is 33.6. The van der Waals surface area contributed by atoms with Gasteiger partial charge < -0.3 is 15.7 Å².